The topological polar surface area (TPSA) is 98.3 Å². The molecule has 5 rings (SSSR count). The SMILES string of the molecule is CC(C)(NC(=O)N1CC2(CCn3nc(-c4cnc(N)c(OC(F)F)c4)cc32)C1)c1ccccc1F. The number of nitrogens with two attached hydrogens (primary N) is 1. The molecule has 1 aromatic carbocycles. The van der Waals surface area contributed by atoms with Crippen molar-refractivity contribution in [2.45, 2.75) is 44.4 Å². The molecule has 3 N–H and O–H groups in total. The van der Waals surface area contributed by atoms with Crippen LogP contribution in [0.5, 0.6) is 5.75 Å². The lowest BCUT2D eigenvalue weighted by molar-refractivity contribution is -0.0494. The third-order valence-corrected chi connectivity index (χ3v) is 6.76. The Balaban J connectivity index is 1.30. The van der Waals surface area contributed by atoms with E-state index in [4.69, 9.17) is 5.73 Å². The van der Waals surface area contributed by atoms with Crippen molar-refractivity contribution in [2.75, 3.05) is 18.8 Å². The minimum Gasteiger partial charge on any atom is -0.431 e. The summed E-state index contributed by atoms with van der Waals surface area (Å²) in [7, 11) is 0. The molecule has 1 fully saturated rings. The number of hydrogen-bond acceptors (Lipinski definition) is 5. The lowest BCUT2D eigenvalue weighted by Crippen LogP contribution is -2.64. The molecule has 2 amide bonds. The highest BCUT2D eigenvalue weighted by Crippen LogP contribution is 2.44. The third kappa shape index (κ3) is 4.04. The van der Waals surface area contributed by atoms with Crippen molar-refractivity contribution in [3.8, 4) is 17.0 Å². The van der Waals surface area contributed by atoms with Crippen molar-refractivity contribution in [1.82, 2.24) is 25.0 Å². The van der Waals surface area contributed by atoms with Gasteiger partial charge in [0.2, 0.25) is 0 Å². The third-order valence-electron chi connectivity index (χ3n) is 6.76. The lowest BCUT2D eigenvalue weighted by Gasteiger charge is -2.48. The number of anilines is 1. The van der Waals surface area contributed by atoms with Crippen LogP contribution in [0.2, 0.25) is 0 Å². The van der Waals surface area contributed by atoms with Crippen LogP contribution in [0.4, 0.5) is 23.8 Å². The van der Waals surface area contributed by atoms with Crippen LogP contribution in [0.25, 0.3) is 11.3 Å². The fourth-order valence-corrected chi connectivity index (χ4v) is 4.92. The van der Waals surface area contributed by atoms with Crippen molar-refractivity contribution in [3.05, 3.63) is 59.7 Å². The summed E-state index contributed by atoms with van der Waals surface area (Å²) in [6.45, 7) is 2.19. The zero-order valence-electron chi connectivity index (χ0n) is 19.3. The standard InChI is InChI=1S/C24H25F3N6O2/c1-23(2,15-5-3-4-6-16(15)25)30-22(34)32-12-24(13-32)7-8-33-19(24)10-17(31-33)14-9-18(35-21(26)27)20(28)29-11-14/h3-6,9-11,21H,7-8,12-13H2,1-2H3,(H2,28,29)(H,30,34). The molecule has 35 heavy (non-hydrogen) atoms. The van der Waals surface area contributed by atoms with Crippen molar-refractivity contribution < 1.29 is 22.7 Å². The second-order valence-corrected chi connectivity index (χ2v) is 9.55. The molecule has 0 radical (unpaired) electrons. The maximum Gasteiger partial charge on any atom is 0.387 e. The highest BCUT2D eigenvalue weighted by atomic mass is 19.3. The highest BCUT2D eigenvalue weighted by Gasteiger charge is 2.52. The van der Waals surface area contributed by atoms with Crippen molar-refractivity contribution in [3.63, 3.8) is 0 Å². The van der Waals surface area contributed by atoms with Crippen LogP contribution in [0.15, 0.2) is 42.6 Å². The fourth-order valence-electron chi connectivity index (χ4n) is 4.92. The number of aryl methyl sites for hydroxylation is 1. The Kier molecular flexibility index (Phi) is 5.37. The minimum atomic E-state index is -3.01. The van der Waals surface area contributed by atoms with Crippen molar-refractivity contribution in [1.29, 1.82) is 0 Å². The van der Waals surface area contributed by atoms with E-state index in [9.17, 15) is 18.0 Å². The van der Waals surface area contributed by atoms with E-state index in [1.165, 1.54) is 18.3 Å². The fraction of sp³-hybridized carbons (Fsp3) is 0.375. The van der Waals surface area contributed by atoms with Crippen LogP contribution < -0.4 is 15.8 Å². The van der Waals surface area contributed by atoms with Crippen LogP contribution in [0, 0.1) is 5.82 Å². The Labute approximate surface area is 199 Å². The van der Waals surface area contributed by atoms with Gasteiger partial charge in [-0.25, -0.2) is 14.2 Å². The number of urea groups is 1. The molecule has 0 atom stereocenters. The number of nitrogens with zero attached hydrogens (tertiary/aromatic N) is 4. The zero-order chi connectivity index (χ0) is 25.0. The summed E-state index contributed by atoms with van der Waals surface area (Å²) in [6.07, 6.45) is 2.29. The molecule has 8 nitrogen and oxygen atoms in total. The molecule has 0 unspecified atom stereocenters. The number of nitrogen functional groups attached to an aromatic ring is 1. The first-order chi connectivity index (χ1) is 16.6. The number of pyridine rings is 1. The number of nitrogens with one attached hydrogen (secondary N) is 1. The first-order valence-corrected chi connectivity index (χ1v) is 11.2. The summed E-state index contributed by atoms with van der Waals surface area (Å²) in [5, 5.41) is 7.53. The Morgan fingerprint density at radius 2 is 2.00 bits per heavy atom. The first-order valence-electron chi connectivity index (χ1n) is 11.2. The molecule has 184 valence electrons. The molecule has 0 bridgehead atoms. The summed E-state index contributed by atoms with van der Waals surface area (Å²) < 4.78 is 45.9. The number of benzene rings is 1. The number of carbonyl (C=O) groups is 1. The van der Waals surface area contributed by atoms with E-state index in [2.05, 4.69) is 20.1 Å². The average molecular weight is 486 g/mol. The van der Waals surface area contributed by atoms with Gasteiger partial charge in [0.1, 0.15) is 5.82 Å². The summed E-state index contributed by atoms with van der Waals surface area (Å²) in [6, 6.07) is 9.41. The predicted octanol–water partition coefficient (Wildman–Crippen LogP) is 3.87. The van der Waals surface area contributed by atoms with Crippen LogP contribution in [-0.2, 0) is 17.5 Å². The van der Waals surface area contributed by atoms with Gasteiger partial charge in [-0.05, 0) is 38.5 Å². The van der Waals surface area contributed by atoms with Gasteiger partial charge < -0.3 is 20.7 Å². The Morgan fingerprint density at radius 3 is 2.71 bits per heavy atom. The number of ether oxygens (including phenoxy) is 1. The molecule has 0 saturated carbocycles. The van der Waals surface area contributed by atoms with Gasteiger partial charge in [-0.1, -0.05) is 18.2 Å². The van der Waals surface area contributed by atoms with E-state index < -0.39 is 12.2 Å². The average Bonchev–Trinajstić information content (AvgIpc) is 3.33. The number of hydrogen-bond donors (Lipinski definition) is 2. The van der Waals surface area contributed by atoms with Gasteiger partial charge in [0.25, 0.3) is 0 Å². The van der Waals surface area contributed by atoms with Gasteiger partial charge in [0.15, 0.2) is 11.6 Å². The number of rotatable bonds is 5. The van der Waals surface area contributed by atoms with E-state index in [1.807, 2.05) is 10.7 Å². The summed E-state index contributed by atoms with van der Waals surface area (Å²) in [5.74, 6) is -0.704. The summed E-state index contributed by atoms with van der Waals surface area (Å²) >= 11 is 0. The van der Waals surface area contributed by atoms with Gasteiger partial charge in [0.05, 0.1) is 11.2 Å². The molecule has 2 aromatic heterocycles. The molecular weight excluding hydrogens is 461 g/mol. The normalized spacial score (nSPS) is 16.3. The second-order valence-electron chi connectivity index (χ2n) is 9.55. The van der Waals surface area contributed by atoms with Crippen LogP contribution in [-0.4, -0.2) is 45.4 Å². The van der Waals surface area contributed by atoms with Gasteiger partial charge in [0, 0.05) is 48.1 Å². The molecule has 4 heterocycles. The largest absolute Gasteiger partial charge is 0.431 e. The molecule has 1 saturated heterocycles. The molecule has 2 aliphatic heterocycles. The molecule has 1 spiro atoms. The van der Waals surface area contributed by atoms with Crippen LogP contribution in [0.1, 0.15) is 31.5 Å². The lowest BCUT2D eigenvalue weighted by atomic mass is 9.76. The minimum absolute atomic E-state index is 0.128. The van der Waals surface area contributed by atoms with Crippen LogP contribution >= 0.6 is 0 Å². The number of halogens is 3. The van der Waals surface area contributed by atoms with E-state index in [-0.39, 0.29) is 28.8 Å². The second kappa shape index (κ2) is 8.17. The van der Waals surface area contributed by atoms with E-state index in [0.29, 0.717) is 36.5 Å². The Bertz CT molecular complexity index is 1290. The number of alkyl halides is 2. The number of aromatic nitrogens is 3. The number of amides is 2. The molecule has 11 heteroatoms. The number of carbonyl (C=O) groups excluding carboxylic acids is 1. The van der Waals surface area contributed by atoms with Crippen molar-refractivity contribution >= 4 is 11.8 Å². The monoisotopic (exact) mass is 486 g/mol. The quantitative estimate of drug-likeness (QED) is 0.571. The van der Waals surface area contributed by atoms with E-state index in [0.717, 1.165) is 12.1 Å². The number of likely N-dealkylation sites (tertiary alicyclic amines) is 1. The van der Waals surface area contributed by atoms with Gasteiger partial charge >= 0.3 is 12.6 Å². The maximum atomic E-state index is 14.3. The predicted molar refractivity (Wildman–Crippen MR) is 122 cm³/mol. The number of fused-ring (bicyclic) bond motifs is 2. The molecule has 2 aliphatic rings. The van der Waals surface area contributed by atoms with Crippen molar-refractivity contribution in [2.24, 2.45) is 0 Å². The first kappa shape index (κ1) is 23.0. The zero-order valence-corrected chi connectivity index (χ0v) is 19.3. The smallest absolute Gasteiger partial charge is 0.387 e. The molecular formula is C24H25F3N6O2. The van der Waals surface area contributed by atoms with Gasteiger partial charge in [-0.2, -0.15) is 13.9 Å². The maximum absolute atomic E-state index is 14.3. The van der Waals surface area contributed by atoms with E-state index in [1.54, 1.807) is 36.9 Å². The molecule has 3 aromatic rings. The Hall–Kier alpha value is -3.76. The van der Waals surface area contributed by atoms with Gasteiger partial charge in [-0.15, -0.1) is 0 Å². The summed E-state index contributed by atoms with van der Waals surface area (Å²) in [4.78, 5) is 18.6. The van der Waals surface area contributed by atoms with Gasteiger partial charge in [-0.3, -0.25) is 4.68 Å². The summed E-state index contributed by atoms with van der Waals surface area (Å²) in [5.41, 5.74) is 6.97. The van der Waals surface area contributed by atoms with E-state index >= 15 is 0 Å². The van der Waals surface area contributed by atoms with Crippen LogP contribution in [0.3, 0.4) is 0 Å². The Morgan fingerprint density at radius 1 is 1.26 bits per heavy atom. The highest BCUT2D eigenvalue weighted by molar-refractivity contribution is 5.77. The molecule has 0 aliphatic carbocycles.